The molecule has 33 heavy (non-hydrogen) atoms. The smallest absolute Gasteiger partial charge is 0.115 e. The number of phenolic OH excluding ortho intramolecular Hbond substituents is 1. The molecule has 0 bridgehead atoms. The van der Waals surface area contributed by atoms with E-state index in [0.717, 1.165) is 32.6 Å². The van der Waals surface area contributed by atoms with Gasteiger partial charge in [0.1, 0.15) is 5.75 Å². The van der Waals surface area contributed by atoms with Crippen molar-refractivity contribution in [3.63, 3.8) is 0 Å². The van der Waals surface area contributed by atoms with Crippen molar-refractivity contribution >= 4 is 11.4 Å². The third-order valence-electron chi connectivity index (χ3n) is 6.89. The molecular weight excluding hydrogens is 404 g/mol. The molecule has 3 aromatic rings. The quantitative estimate of drug-likeness (QED) is 0.362. The molecule has 0 aromatic heterocycles. The maximum Gasteiger partial charge on any atom is 0.115 e. The largest absolute Gasteiger partial charge is 0.508 e. The van der Waals surface area contributed by atoms with Crippen LogP contribution in [-0.4, -0.2) is 31.3 Å². The Bertz CT molecular complexity index is 972. The fourth-order valence-electron chi connectivity index (χ4n) is 4.93. The van der Waals surface area contributed by atoms with Crippen molar-refractivity contribution in [2.75, 3.05) is 36.0 Å². The molecule has 0 atom stereocenters. The lowest BCUT2D eigenvalue weighted by Gasteiger charge is -2.27. The summed E-state index contributed by atoms with van der Waals surface area (Å²) in [5.74, 6) is 0.570. The fourth-order valence-corrected chi connectivity index (χ4v) is 4.93. The zero-order valence-corrected chi connectivity index (χ0v) is 21.2. The molecule has 0 heterocycles. The number of hydrogen-bond donors (Lipinski definition) is 1. The highest BCUT2D eigenvalue weighted by molar-refractivity contribution is 5.56. The van der Waals surface area contributed by atoms with Gasteiger partial charge in [-0.05, 0) is 112 Å². The van der Waals surface area contributed by atoms with Gasteiger partial charge in [-0.3, -0.25) is 0 Å². The summed E-state index contributed by atoms with van der Waals surface area (Å²) in [6.45, 7) is 17.4. The van der Waals surface area contributed by atoms with E-state index in [4.69, 9.17) is 0 Å². The van der Waals surface area contributed by atoms with Gasteiger partial charge >= 0.3 is 0 Å². The second kappa shape index (κ2) is 11.3. The van der Waals surface area contributed by atoms with E-state index in [0.29, 0.717) is 5.75 Å². The Labute approximate surface area is 200 Å². The van der Waals surface area contributed by atoms with Crippen LogP contribution in [-0.2, 0) is 6.42 Å². The molecule has 3 heteroatoms. The summed E-state index contributed by atoms with van der Waals surface area (Å²) in [5, 5.41) is 9.76. The lowest BCUT2D eigenvalue weighted by atomic mass is 9.81. The van der Waals surface area contributed by atoms with Gasteiger partial charge in [0.25, 0.3) is 0 Å². The summed E-state index contributed by atoms with van der Waals surface area (Å²) in [4.78, 5) is 4.80. The van der Waals surface area contributed by atoms with Crippen molar-refractivity contribution in [2.45, 2.75) is 53.9 Å². The summed E-state index contributed by atoms with van der Waals surface area (Å²) in [5.41, 5.74) is 9.22. The number of nitrogens with zero attached hydrogens (tertiary/aromatic N) is 2. The maximum absolute atomic E-state index is 9.76. The summed E-state index contributed by atoms with van der Waals surface area (Å²) >= 11 is 0. The predicted molar refractivity (Wildman–Crippen MR) is 143 cm³/mol. The van der Waals surface area contributed by atoms with Crippen molar-refractivity contribution in [1.82, 2.24) is 0 Å². The van der Waals surface area contributed by atoms with Crippen LogP contribution in [0, 0.1) is 13.8 Å². The van der Waals surface area contributed by atoms with Crippen LogP contribution in [0.5, 0.6) is 5.75 Å². The summed E-state index contributed by atoms with van der Waals surface area (Å²) < 4.78 is 0. The number of aromatic hydroxyl groups is 1. The van der Waals surface area contributed by atoms with Crippen molar-refractivity contribution in [3.8, 4) is 5.75 Å². The van der Waals surface area contributed by atoms with Crippen LogP contribution < -0.4 is 9.80 Å². The Morgan fingerprint density at radius 1 is 0.636 bits per heavy atom. The molecule has 3 rings (SSSR count). The molecule has 176 valence electrons. The fraction of sp³-hybridized carbons (Fsp3) is 0.400. The number of benzene rings is 3. The summed E-state index contributed by atoms with van der Waals surface area (Å²) in [6, 6.07) is 21.5. The molecule has 0 spiro atoms. The van der Waals surface area contributed by atoms with E-state index in [1.54, 1.807) is 12.1 Å². The number of phenols is 1. The normalized spacial score (nSPS) is 11.1. The average molecular weight is 445 g/mol. The zero-order chi connectivity index (χ0) is 24.0. The highest BCUT2D eigenvalue weighted by Crippen LogP contribution is 2.36. The van der Waals surface area contributed by atoms with Crippen LogP contribution >= 0.6 is 0 Å². The number of rotatable bonds is 10. The second-order valence-electron chi connectivity index (χ2n) is 8.85. The van der Waals surface area contributed by atoms with E-state index in [2.05, 4.69) is 87.7 Å². The molecule has 3 aromatic carbocycles. The molecule has 0 fully saturated rings. The van der Waals surface area contributed by atoms with Crippen molar-refractivity contribution in [3.05, 3.63) is 88.5 Å². The minimum atomic E-state index is 0.256. The Morgan fingerprint density at radius 3 is 1.42 bits per heavy atom. The molecule has 0 aliphatic rings. The average Bonchev–Trinajstić information content (AvgIpc) is 2.81. The van der Waals surface area contributed by atoms with E-state index in [1.807, 2.05) is 12.1 Å². The molecule has 1 N–H and O–H groups in total. The van der Waals surface area contributed by atoms with Crippen LogP contribution in [0.1, 0.15) is 61.4 Å². The SMILES string of the molecule is CCN(CC)c1ccc(C(Cc2ccc(O)cc2)c2ccc(N(CC)CC)cc2C)c(C)c1. The molecule has 0 aliphatic heterocycles. The third-order valence-corrected chi connectivity index (χ3v) is 6.89. The minimum absolute atomic E-state index is 0.256. The summed E-state index contributed by atoms with van der Waals surface area (Å²) in [6.07, 6.45) is 0.900. The zero-order valence-electron chi connectivity index (χ0n) is 21.2. The van der Waals surface area contributed by atoms with Crippen LogP contribution in [0.2, 0.25) is 0 Å². The van der Waals surface area contributed by atoms with Gasteiger partial charge in [-0.1, -0.05) is 24.3 Å². The molecule has 0 aliphatic carbocycles. The van der Waals surface area contributed by atoms with Gasteiger partial charge in [0.05, 0.1) is 0 Å². The maximum atomic E-state index is 9.76. The molecule has 0 radical (unpaired) electrons. The minimum Gasteiger partial charge on any atom is -0.508 e. The van der Waals surface area contributed by atoms with Crippen LogP contribution in [0.25, 0.3) is 0 Å². The van der Waals surface area contributed by atoms with E-state index in [-0.39, 0.29) is 5.92 Å². The standard InChI is InChI=1S/C30H40N2O/c1-7-31(8-2)25-13-17-28(22(5)19-25)30(21-24-11-15-27(33)16-12-24)29-18-14-26(20-23(29)6)32(9-3)10-4/h11-20,30,33H,7-10,21H2,1-6H3. The molecular formula is C30H40N2O. The molecule has 0 amide bonds. The van der Waals surface area contributed by atoms with Gasteiger partial charge in [0.15, 0.2) is 0 Å². The number of hydrogen-bond acceptors (Lipinski definition) is 3. The van der Waals surface area contributed by atoms with Crippen LogP contribution in [0.15, 0.2) is 60.7 Å². The van der Waals surface area contributed by atoms with Crippen LogP contribution in [0.3, 0.4) is 0 Å². The lowest BCUT2D eigenvalue weighted by Crippen LogP contribution is -2.22. The van der Waals surface area contributed by atoms with Crippen LogP contribution in [0.4, 0.5) is 11.4 Å². The molecule has 3 nitrogen and oxygen atoms in total. The number of aryl methyl sites for hydroxylation is 2. The Hall–Kier alpha value is -2.94. The Morgan fingerprint density at radius 2 is 1.06 bits per heavy atom. The van der Waals surface area contributed by atoms with Crippen molar-refractivity contribution < 1.29 is 5.11 Å². The first-order valence-corrected chi connectivity index (χ1v) is 12.4. The monoisotopic (exact) mass is 444 g/mol. The first kappa shape index (κ1) is 24.7. The lowest BCUT2D eigenvalue weighted by molar-refractivity contribution is 0.475. The topological polar surface area (TPSA) is 26.7 Å². The van der Waals surface area contributed by atoms with E-state index < -0.39 is 0 Å². The van der Waals surface area contributed by atoms with Crippen molar-refractivity contribution in [2.24, 2.45) is 0 Å². The van der Waals surface area contributed by atoms with E-state index >= 15 is 0 Å². The number of anilines is 2. The van der Waals surface area contributed by atoms with E-state index in [1.165, 1.54) is 39.2 Å². The van der Waals surface area contributed by atoms with Gasteiger partial charge < -0.3 is 14.9 Å². The van der Waals surface area contributed by atoms with Crippen molar-refractivity contribution in [1.29, 1.82) is 0 Å². The van der Waals surface area contributed by atoms with Gasteiger partial charge in [0.2, 0.25) is 0 Å². The second-order valence-corrected chi connectivity index (χ2v) is 8.85. The van der Waals surface area contributed by atoms with E-state index in [9.17, 15) is 5.11 Å². The van der Waals surface area contributed by atoms with Gasteiger partial charge in [0, 0.05) is 43.5 Å². The molecule has 0 saturated carbocycles. The Kier molecular flexibility index (Phi) is 8.43. The first-order chi connectivity index (χ1) is 15.9. The first-order valence-electron chi connectivity index (χ1n) is 12.4. The third kappa shape index (κ3) is 5.71. The highest BCUT2D eigenvalue weighted by Gasteiger charge is 2.20. The molecule has 0 saturated heterocycles. The predicted octanol–water partition coefficient (Wildman–Crippen LogP) is 7.08. The highest BCUT2D eigenvalue weighted by atomic mass is 16.3. The molecule has 0 unspecified atom stereocenters. The van der Waals surface area contributed by atoms with Gasteiger partial charge in [-0.15, -0.1) is 0 Å². The summed E-state index contributed by atoms with van der Waals surface area (Å²) in [7, 11) is 0. The Balaban J connectivity index is 2.06. The van der Waals surface area contributed by atoms with Gasteiger partial charge in [-0.2, -0.15) is 0 Å². The van der Waals surface area contributed by atoms with Gasteiger partial charge in [-0.25, -0.2) is 0 Å².